The zero-order valence-corrected chi connectivity index (χ0v) is 19.7. The Morgan fingerprint density at radius 2 is 1.69 bits per heavy atom. The molecule has 3 aromatic carbocycles. The van der Waals surface area contributed by atoms with Crippen LogP contribution in [0.3, 0.4) is 0 Å². The van der Waals surface area contributed by atoms with Crippen LogP contribution >= 0.6 is 0 Å². The molecule has 7 heteroatoms. The van der Waals surface area contributed by atoms with E-state index < -0.39 is 0 Å². The molecule has 1 aliphatic rings. The highest BCUT2D eigenvalue weighted by Crippen LogP contribution is 2.27. The van der Waals surface area contributed by atoms with Gasteiger partial charge in [0.25, 0.3) is 5.91 Å². The molecule has 1 aliphatic heterocycles. The topological polar surface area (TPSA) is 87.7 Å². The fraction of sp³-hybridized carbons (Fsp3) is 0.250. The lowest BCUT2D eigenvalue weighted by Crippen LogP contribution is -2.34. The molecule has 0 aromatic heterocycles. The minimum atomic E-state index is -0.376. The summed E-state index contributed by atoms with van der Waals surface area (Å²) in [7, 11) is 0. The summed E-state index contributed by atoms with van der Waals surface area (Å²) in [4.78, 5) is 38.9. The Hall–Kier alpha value is -4.13. The molecule has 0 spiro atoms. The summed E-state index contributed by atoms with van der Waals surface area (Å²) in [6.07, 6.45) is 0.940. The van der Waals surface area contributed by atoms with Gasteiger partial charge in [0.2, 0.25) is 11.8 Å². The number of benzene rings is 3. The van der Waals surface area contributed by atoms with Gasteiger partial charge in [-0.25, -0.2) is 0 Å². The second-order valence-electron chi connectivity index (χ2n) is 8.58. The molecule has 0 unspecified atom stereocenters. The van der Waals surface area contributed by atoms with E-state index in [1.54, 1.807) is 29.2 Å². The van der Waals surface area contributed by atoms with Crippen molar-refractivity contribution < 1.29 is 19.1 Å². The maximum absolute atomic E-state index is 12.6. The molecule has 4 rings (SSSR count). The Kier molecular flexibility index (Phi) is 7.77. The lowest BCUT2D eigenvalue weighted by atomic mass is 10.1. The number of hydrogen-bond donors (Lipinski definition) is 2. The van der Waals surface area contributed by atoms with Crippen LogP contribution in [-0.4, -0.2) is 37.4 Å². The van der Waals surface area contributed by atoms with E-state index in [9.17, 15) is 14.4 Å². The Morgan fingerprint density at radius 1 is 0.971 bits per heavy atom. The number of carbonyl (C=O) groups is 3. The molecule has 0 bridgehead atoms. The number of aryl methyl sites for hydroxylation is 1. The first-order valence-corrected chi connectivity index (χ1v) is 11.7. The summed E-state index contributed by atoms with van der Waals surface area (Å²) in [5.74, 6) is -0.287. The number of para-hydroxylation sites is 1. The fourth-order valence-electron chi connectivity index (χ4n) is 4.02. The number of nitrogens with zero attached hydrogens (tertiary/aromatic N) is 1. The third-order valence-corrected chi connectivity index (χ3v) is 5.99. The predicted octanol–water partition coefficient (Wildman–Crippen LogP) is 3.72. The number of carbonyl (C=O) groups excluding carboxylic acids is 3. The fourth-order valence-corrected chi connectivity index (χ4v) is 4.02. The maximum Gasteiger partial charge on any atom is 0.262 e. The quantitative estimate of drug-likeness (QED) is 0.498. The van der Waals surface area contributed by atoms with Crippen molar-refractivity contribution in [1.29, 1.82) is 0 Å². The first-order chi connectivity index (χ1) is 17.0. The van der Waals surface area contributed by atoms with Crippen LogP contribution in [0.5, 0.6) is 5.75 Å². The average Bonchev–Trinajstić information content (AvgIpc) is 3.27. The zero-order chi connectivity index (χ0) is 24.6. The Labute approximate surface area is 205 Å². The summed E-state index contributed by atoms with van der Waals surface area (Å²) in [6.45, 7) is 2.68. The van der Waals surface area contributed by atoms with E-state index in [0.29, 0.717) is 24.5 Å². The molecule has 3 aromatic rings. The third-order valence-electron chi connectivity index (χ3n) is 5.99. The average molecular weight is 472 g/mol. The normalized spacial score (nSPS) is 15.1. The van der Waals surface area contributed by atoms with Gasteiger partial charge in [0.15, 0.2) is 6.61 Å². The number of amides is 3. The zero-order valence-electron chi connectivity index (χ0n) is 19.7. The molecule has 1 heterocycles. The van der Waals surface area contributed by atoms with Crippen LogP contribution in [0.15, 0.2) is 78.9 Å². The van der Waals surface area contributed by atoms with Crippen LogP contribution in [0.25, 0.3) is 0 Å². The highest BCUT2D eigenvalue weighted by Gasteiger charge is 2.34. The van der Waals surface area contributed by atoms with E-state index in [4.69, 9.17) is 4.74 Å². The van der Waals surface area contributed by atoms with Crippen LogP contribution in [0.1, 0.15) is 17.5 Å². The van der Waals surface area contributed by atoms with Crippen LogP contribution in [0.4, 0.5) is 11.4 Å². The van der Waals surface area contributed by atoms with Gasteiger partial charge in [0, 0.05) is 30.9 Å². The summed E-state index contributed by atoms with van der Waals surface area (Å²) in [5, 5.41) is 5.77. The van der Waals surface area contributed by atoms with Crippen molar-refractivity contribution in [2.75, 3.05) is 29.9 Å². The Morgan fingerprint density at radius 3 is 2.43 bits per heavy atom. The van der Waals surface area contributed by atoms with Gasteiger partial charge in [0.05, 0.1) is 5.92 Å². The van der Waals surface area contributed by atoms with Gasteiger partial charge in [-0.1, -0.05) is 48.5 Å². The van der Waals surface area contributed by atoms with E-state index in [0.717, 1.165) is 23.2 Å². The molecule has 1 saturated heterocycles. The number of ether oxygens (including phenoxy) is 1. The minimum absolute atomic E-state index is 0.0838. The first-order valence-electron chi connectivity index (χ1n) is 11.7. The van der Waals surface area contributed by atoms with Crippen LogP contribution in [0.2, 0.25) is 0 Å². The van der Waals surface area contributed by atoms with Crippen molar-refractivity contribution in [2.24, 2.45) is 5.92 Å². The monoisotopic (exact) mass is 471 g/mol. The molecule has 7 nitrogen and oxygen atoms in total. The van der Waals surface area contributed by atoms with Crippen LogP contribution in [-0.2, 0) is 20.8 Å². The molecule has 0 radical (unpaired) electrons. The lowest BCUT2D eigenvalue weighted by molar-refractivity contribution is -0.126. The van der Waals surface area contributed by atoms with E-state index in [-0.39, 0.29) is 36.7 Å². The standard InChI is InChI=1S/C28H29N3O4/c1-20-7-5-6-10-25(20)30-26(32)19-35-24-13-11-23(12-14-24)31-18-22(17-27(31)33)28(34)29-16-15-21-8-3-2-4-9-21/h2-14,22H,15-19H2,1H3,(H,29,34)(H,30,32)/t22-/m1/s1. The molecule has 2 N–H and O–H groups in total. The molecule has 35 heavy (non-hydrogen) atoms. The molecule has 1 atom stereocenters. The molecule has 180 valence electrons. The van der Waals surface area contributed by atoms with Crippen LogP contribution < -0.4 is 20.3 Å². The van der Waals surface area contributed by atoms with Gasteiger partial charge in [-0.2, -0.15) is 0 Å². The highest BCUT2D eigenvalue weighted by molar-refractivity contribution is 6.00. The summed E-state index contributed by atoms with van der Waals surface area (Å²) in [5.41, 5.74) is 3.59. The SMILES string of the molecule is Cc1ccccc1NC(=O)COc1ccc(N2C[C@H](C(=O)NCCc3ccccc3)CC2=O)cc1. The molecular weight excluding hydrogens is 442 g/mol. The van der Waals surface area contributed by atoms with Crippen molar-refractivity contribution in [1.82, 2.24) is 5.32 Å². The van der Waals surface area contributed by atoms with Gasteiger partial charge in [-0.15, -0.1) is 0 Å². The second-order valence-corrected chi connectivity index (χ2v) is 8.58. The van der Waals surface area contributed by atoms with Gasteiger partial charge >= 0.3 is 0 Å². The van der Waals surface area contributed by atoms with E-state index in [1.807, 2.05) is 61.5 Å². The largest absolute Gasteiger partial charge is 0.484 e. The molecule has 0 aliphatic carbocycles. The maximum atomic E-state index is 12.6. The number of anilines is 2. The molecular formula is C28H29N3O4. The van der Waals surface area contributed by atoms with Gasteiger partial charge < -0.3 is 20.3 Å². The second kappa shape index (κ2) is 11.3. The first kappa shape index (κ1) is 24.0. The van der Waals surface area contributed by atoms with Crippen molar-refractivity contribution in [3.05, 3.63) is 90.0 Å². The van der Waals surface area contributed by atoms with Gasteiger partial charge in [-0.05, 0) is 54.8 Å². The van der Waals surface area contributed by atoms with Crippen molar-refractivity contribution in [2.45, 2.75) is 19.8 Å². The molecule has 3 amide bonds. The van der Waals surface area contributed by atoms with Gasteiger partial charge in [0.1, 0.15) is 5.75 Å². The summed E-state index contributed by atoms with van der Waals surface area (Å²) < 4.78 is 5.58. The number of nitrogens with one attached hydrogen (secondary N) is 2. The summed E-state index contributed by atoms with van der Waals surface area (Å²) >= 11 is 0. The third kappa shape index (κ3) is 6.47. The predicted molar refractivity (Wildman–Crippen MR) is 135 cm³/mol. The smallest absolute Gasteiger partial charge is 0.262 e. The number of hydrogen-bond acceptors (Lipinski definition) is 4. The summed E-state index contributed by atoms with van der Waals surface area (Å²) in [6, 6.07) is 24.5. The van der Waals surface area contributed by atoms with E-state index >= 15 is 0 Å². The van der Waals surface area contributed by atoms with E-state index in [1.165, 1.54) is 0 Å². The van der Waals surface area contributed by atoms with Gasteiger partial charge in [-0.3, -0.25) is 14.4 Å². The van der Waals surface area contributed by atoms with Crippen molar-refractivity contribution >= 4 is 29.1 Å². The van der Waals surface area contributed by atoms with Crippen molar-refractivity contribution in [3.63, 3.8) is 0 Å². The molecule has 0 saturated carbocycles. The lowest BCUT2D eigenvalue weighted by Gasteiger charge is -2.17. The minimum Gasteiger partial charge on any atom is -0.484 e. The van der Waals surface area contributed by atoms with Crippen LogP contribution in [0, 0.1) is 12.8 Å². The number of rotatable bonds is 9. The Bertz CT molecular complexity index is 1180. The van der Waals surface area contributed by atoms with E-state index in [2.05, 4.69) is 10.6 Å². The molecule has 1 fully saturated rings. The van der Waals surface area contributed by atoms with Crippen molar-refractivity contribution in [3.8, 4) is 5.75 Å². The highest BCUT2D eigenvalue weighted by atomic mass is 16.5. The Balaban J connectivity index is 1.24.